The number of rotatable bonds is 2. The number of hydrogen-bond acceptors (Lipinski definition) is 2. The molecule has 16 heavy (non-hydrogen) atoms. The van der Waals surface area contributed by atoms with Gasteiger partial charge in [-0.05, 0) is 36.8 Å². The van der Waals surface area contributed by atoms with Crippen LogP contribution in [0.15, 0.2) is 12.3 Å². The lowest BCUT2D eigenvalue weighted by Gasteiger charge is -2.32. The quantitative estimate of drug-likeness (QED) is 0.772. The molecule has 0 bridgehead atoms. The standard InChI is InChI=1S/C13H19BrN2/c1-10-4-3-5-16(9-10)13-11(2)6-12(7-14)8-15-13/h6,8,10H,3-5,7,9H2,1-2H3. The van der Waals surface area contributed by atoms with Gasteiger partial charge in [0.1, 0.15) is 5.82 Å². The number of alkyl halides is 1. The van der Waals surface area contributed by atoms with Crippen molar-refractivity contribution in [2.45, 2.75) is 32.0 Å². The second kappa shape index (κ2) is 5.17. The lowest BCUT2D eigenvalue weighted by atomic mass is 10.00. The number of hydrogen-bond donors (Lipinski definition) is 0. The molecular weight excluding hydrogens is 264 g/mol. The Morgan fingerprint density at radius 2 is 2.38 bits per heavy atom. The summed E-state index contributed by atoms with van der Waals surface area (Å²) >= 11 is 3.47. The molecule has 1 aliphatic heterocycles. The number of aromatic nitrogens is 1. The number of halogens is 1. The van der Waals surface area contributed by atoms with Crippen LogP contribution in [-0.2, 0) is 5.33 Å². The Kier molecular flexibility index (Phi) is 3.85. The second-order valence-corrected chi connectivity index (χ2v) is 5.37. The van der Waals surface area contributed by atoms with E-state index in [1.165, 1.54) is 29.8 Å². The summed E-state index contributed by atoms with van der Waals surface area (Å²) < 4.78 is 0. The van der Waals surface area contributed by atoms with E-state index in [2.05, 4.69) is 45.7 Å². The molecule has 0 N–H and O–H groups in total. The van der Waals surface area contributed by atoms with Crippen molar-refractivity contribution < 1.29 is 0 Å². The van der Waals surface area contributed by atoms with E-state index in [9.17, 15) is 0 Å². The van der Waals surface area contributed by atoms with E-state index in [0.29, 0.717) is 0 Å². The van der Waals surface area contributed by atoms with Gasteiger partial charge in [0.15, 0.2) is 0 Å². The van der Waals surface area contributed by atoms with Crippen molar-refractivity contribution >= 4 is 21.7 Å². The highest BCUT2D eigenvalue weighted by molar-refractivity contribution is 9.08. The molecule has 0 spiro atoms. The van der Waals surface area contributed by atoms with Crippen LogP contribution < -0.4 is 4.90 Å². The van der Waals surface area contributed by atoms with Crippen molar-refractivity contribution in [2.75, 3.05) is 18.0 Å². The molecule has 0 amide bonds. The van der Waals surface area contributed by atoms with Crippen molar-refractivity contribution in [2.24, 2.45) is 5.92 Å². The zero-order valence-corrected chi connectivity index (χ0v) is 11.6. The van der Waals surface area contributed by atoms with E-state index in [1.54, 1.807) is 0 Å². The van der Waals surface area contributed by atoms with Crippen LogP contribution in [0.2, 0.25) is 0 Å². The molecule has 2 rings (SSSR count). The molecule has 0 aromatic carbocycles. The topological polar surface area (TPSA) is 16.1 Å². The van der Waals surface area contributed by atoms with Gasteiger partial charge in [-0.1, -0.05) is 28.9 Å². The number of pyridine rings is 1. The maximum Gasteiger partial charge on any atom is 0.131 e. The fraction of sp³-hybridized carbons (Fsp3) is 0.615. The van der Waals surface area contributed by atoms with Gasteiger partial charge in [0.2, 0.25) is 0 Å². The number of piperidine rings is 1. The molecule has 1 saturated heterocycles. The lowest BCUT2D eigenvalue weighted by Crippen LogP contribution is -2.35. The lowest BCUT2D eigenvalue weighted by molar-refractivity contribution is 0.444. The first-order valence-corrected chi connectivity index (χ1v) is 7.09. The van der Waals surface area contributed by atoms with Crippen molar-refractivity contribution in [3.8, 4) is 0 Å². The third kappa shape index (κ3) is 2.57. The van der Waals surface area contributed by atoms with Crippen LogP contribution in [-0.4, -0.2) is 18.1 Å². The summed E-state index contributed by atoms with van der Waals surface area (Å²) in [5.41, 5.74) is 2.55. The average Bonchev–Trinajstić information content (AvgIpc) is 2.28. The van der Waals surface area contributed by atoms with E-state index in [1.807, 2.05) is 6.20 Å². The first-order valence-electron chi connectivity index (χ1n) is 5.97. The fourth-order valence-corrected chi connectivity index (χ4v) is 2.72. The summed E-state index contributed by atoms with van der Waals surface area (Å²) in [5, 5.41) is 0.886. The Labute approximate surface area is 106 Å². The highest BCUT2D eigenvalue weighted by Gasteiger charge is 2.18. The van der Waals surface area contributed by atoms with Gasteiger partial charge in [0.25, 0.3) is 0 Å². The molecule has 0 saturated carbocycles. The number of anilines is 1. The van der Waals surface area contributed by atoms with E-state index in [-0.39, 0.29) is 0 Å². The first-order chi connectivity index (χ1) is 7.70. The largest absolute Gasteiger partial charge is 0.356 e. The molecule has 0 radical (unpaired) electrons. The van der Waals surface area contributed by atoms with Gasteiger partial charge in [0.05, 0.1) is 0 Å². The Balaban J connectivity index is 2.19. The minimum absolute atomic E-state index is 0.797. The molecule has 2 nitrogen and oxygen atoms in total. The highest BCUT2D eigenvalue weighted by atomic mass is 79.9. The third-order valence-electron chi connectivity index (χ3n) is 3.22. The fourth-order valence-electron chi connectivity index (χ4n) is 2.41. The maximum atomic E-state index is 4.60. The SMILES string of the molecule is Cc1cc(CBr)cnc1N1CCCC(C)C1. The molecule has 0 aliphatic carbocycles. The van der Waals surface area contributed by atoms with Crippen molar-refractivity contribution in [1.29, 1.82) is 0 Å². The summed E-state index contributed by atoms with van der Waals surface area (Å²) in [6, 6.07) is 2.23. The van der Waals surface area contributed by atoms with Crippen LogP contribution in [0.3, 0.4) is 0 Å². The van der Waals surface area contributed by atoms with Gasteiger partial charge in [-0.3, -0.25) is 0 Å². The molecule has 1 unspecified atom stereocenters. The Bertz CT molecular complexity index is 365. The predicted molar refractivity (Wildman–Crippen MR) is 72.2 cm³/mol. The van der Waals surface area contributed by atoms with E-state index < -0.39 is 0 Å². The molecule has 1 fully saturated rings. The van der Waals surface area contributed by atoms with Crippen molar-refractivity contribution in [3.05, 3.63) is 23.4 Å². The van der Waals surface area contributed by atoms with Crippen LogP contribution in [0.1, 0.15) is 30.9 Å². The maximum absolute atomic E-state index is 4.60. The minimum atomic E-state index is 0.797. The smallest absolute Gasteiger partial charge is 0.131 e. The summed E-state index contributed by atoms with van der Waals surface area (Å²) in [6.07, 6.45) is 4.63. The molecule has 2 heterocycles. The van der Waals surface area contributed by atoms with Crippen LogP contribution in [0.5, 0.6) is 0 Å². The Morgan fingerprint density at radius 1 is 1.56 bits per heavy atom. The Hall–Kier alpha value is -0.570. The summed E-state index contributed by atoms with van der Waals surface area (Å²) in [5.74, 6) is 1.97. The molecule has 1 atom stereocenters. The zero-order valence-electron chi connectivity index (χ0n) is 10.0. The van der Waals surface area contributed by atoms with Crippen molar-refractivity contribution in [1.82, 2.24) is 4.98 Å². The third-order valence-corrected chi connectivity index (χ3v) is 3.87. The van der Waals surface area contributed by atoms with Crippen LogP contribution >= 0.6 is 15.9 Å². The van der Waals surface area contributed by atoms with E-state index >= 15 is 0 Å². The predicted octanol–water partition coefficient (Wildman–Crippen LogP) is 3.52. The van der Waals surface area contributed by atoms with Crippen LogP contribution in [0.25, 0.3) is 0 Å². The van der Waals surface area contributed by atoms with Crippen molar-refractivity contribution in [3.63, 3.8) is 0 Å². The van der Waals surface area contributed by atoms with Gasteiger partial charge in [-0.2, -0.15) is 0 Å². The summed E-state index contributed by atoms with van der Waals surface area (Å²) in [4.78, 5) is 7.04. The van der Waals surface area contributed by atoms with Gasteiger partial charge >= 0.3 is 0 Å². The normalized spacial score (nSPS) is 21.2. The molecule has 1 aromatic rings. The van der Waals surface area contributed by atoms with Gasteiger partial charge < -0.3 is 4.90 Å². The molecule has 3 heteroatoms. The number of aryl methyl sites for hydroxylation is 1. The first kappa shape index (κ1) is 11.9. The minimum Gasteiger partial charge on any atom is -0.356 e. The van der Waals surface area contributed by atoms with E-state index in [4.69, 9.17) is 0 Å². The summed E-state index contributed by atoms with van der Waals surface area (Å²) in [7, 11) is 0. The van der Waals surface area contributed by atoms with Crippen LogP contribution in [0.4, 0.5) is 5.82 Å². The van der Waals surface area contributed by atoms with Gasteiger partial charge in [0, 0.05) is 24.6 Å². The van der Waals surface area contributed by atoms with E-state index in [0.717, 1.165) is 24.3 Å². The second-order valence-electron chi connectivity index (χ2n) is 4.81. The Morgan fingerprint density at radius 3 is 3.00 bits per heavy atom. The molecule has 88 valence electrons. The zero-order chi connectivity index (χ0) is 11.5. The highest BCUT2D eigenvalue weighted by Crippen LogP contribution is 2.24. The average molecular weight is 283 g/mol. The molecule has 1 aromatic heterocycles. The number of nitrogens with zero attached hydrogens (tertiary/aromatic N) is 2. The molecular formula is C13H19BrN2. The van der Waals surface area contributed by atoms with Gasteiger partial charge in [-0.25, -0.2) is 4.98 Å². The van der Waals surface area contributed by atoms with Gasteiger partial charge in [-0.15, -0.1) is 0 Å². The summed E-state index contributed by atoms with van der Waals surface area (Å²) in [6.45, 7) is 6.80. The monoisotopic (exact) mass is 282 g/mol. The molecule has 1 aliphatic rings. The van der Waals surface area contributed by atoms with Crippen LogP contribution in [0, 0.1) is 12.8 Å².